The minimum absolute atomic E-state index is 1.12. The fourth-order valence-electron chi connectivity index (χ4n) is 0.978. The lowest BCUT2D eigenvalue weighted by molar-refractivity contribution is 0.362. The molecule has 74 valence electrons. The van der Waals surface area contributed by atoms with Gasteiger partial charge in [0.15, 0.2) is 0 Å². The molecule has 0 unspecified atom stereocenters. The maximum atomic E-state index is 2.34. The van der Waals surface area contributed by atoms with Crippen LogP contribution in [0, 0.1) is 0 Å². The first-order valence-corrected chi connectivity index (χ1v) is 5.01. The van der Waals surface area contributed by atoms with Gasteiger partial charge < -0.3 is 4.90 Å². The molecule has 1 nitrogen and oxygen atoms in total. The number of likely N-dealkylation sites (N-methyl/N-ethyl adjacent to an activating group) is 1. The topological polar surface area (TPSA) is 3.24 Å². The minimum atomic E-state index is 1.12. The van der Waals surface area contributed by atoms with Crippen LogP contribution in [-0.4, -0.2) is 25.0 Å². The molecule has 0 rings (SSSR count). The van der Waals surface area contributed by atoms with Gasteiger partial charge in [-0.3, -0.25) is 0 Å². The Bertz CT molecular complexity index is 106. The van der Waals surface area contributed by atoms with Crippen molar-refractivity contribution in [3.05, 3.63) is 11.6 Å². The molecule has 0 fully saturated rings. The molecule has 1 heteroatoms. The average Bonchev–Trinajstić information content (AvgIpc) is 2.08. The van der Waals surface area contributed by atoms with Gasteiger partial charge in [-0.25, -0.2) is 0 Å². The molecule has 0 aromatic heterocycles. The Morgan fingerprint density at radius 3 is 2.17 bits per heavy atom. The quantitative estimate of drug-likeness (QED) is 0.586. The zero-order valence-electron chi connectivity index (χ0n) is 9.65. The van der Waals surface area contributed by atoms with Crippen molar-refractivity contribution in [2.24, 2.45) is 0 Å². The van der Waals surface area contributed by atoms with Gasteiger partial charge in [-0.2, -0.15) is 0 Å². The van der Waals surface area contributed by atoms with E-state index in [2.05, 4.69) is 38.8 Å². The Morgan fingerprint density at radius 2 is 1.83 bits per heavy atom. The van der Waals surface area contributed by atoms with E-state index in [9.17, 15) is 0 Å². The zero-order chi connectivity index (χ0) is 9.98. The zero-order valence-corrected chi connectivity index (χ0v) is 9.65. The van der Waals surface area contributed by atoms with Gasteiger partial charge in [0.1, 0.15) is 0 Å². The number of allylic oxidation sites excluding steroid dienone is 1. The number of nitrogens with zero attached hydrogens (tertiary/aromatic N) is 1. The van der Waals surface area contributed by atoms with Crippen molar-refractivity contribution in [1.82, 2.24) is 4.90 Å². The van der Waals surface area contributed by atoms with Crippen LogP contribution in [0.3, 0.4) is 0 Å². The normalized spacial score (nSPS) is 11.1. The third-order valence-corrected chi connectivity index (χ3v) is 1.62. The smallest absolute Gasteiger partial charge is 0.0186 e. The summed E-state index contributed by atoms with van der Waals surface area (Å²) in [4.78, 5) is 2.34. The van der Waals surface area contributed by atoms with E-state index in [0.29, 0.717) is 0 Å². The molecule has 0 bridgehead atoms. The summed E-state index contributed by atoms with van der Waals surface area (Å²) in [6.07, 6.45) is 3.42. The molecule has 0 aliphatic heterocycles. The highest BCUT2D eigenvalue weighted by Gasteiger charge is 1.94. The molecule has 0 spiro atoms. The predicted octanol–water partition coefficient (Wildman–Crippen LogP) is 3.32. The lowest BCUT2D eigenvalue weighted by atomic mass is 10.2. The van der Waals surface area contributed by atoms with Crippen molar-refractivity contribution in [2.75, 3.05) is 20.1 Å². The van der Waals surface area contributed by atoms with Crippen LogP contribution in [0.4, 0.5) is 0 Å². The first-order valence-electron chi connectivity index (χ1n) is 5.01. The van der Waals surface area contributed by atoms with Crippen molar-refractivity contribution in [3.8, 4) is 0 Å². The van der Waals surface area contributed by atoms with E-state index in [1.165, 1.54) is 18.5 Å². The van der Waals surface area contributed by atoms with E-state index in [-0.39, 0.29) is 0 Å². The maximum absolute atomic E-state index is 2.34. The molecule has 0 saturated heterocycles. The van der Waals surface area contributed by atoms with Crippen LogP contribution in [0.2, 0.25) is 0 Å². The van der Waals surface area contributed by atoms with Crippen LogP contribution in [-0.2, 0) is 0 Å². The number of hydrogen-bond acceptors (Lipinski definition) is 1. The average molecular weight is 171 g/mol. The summed E-state index contributed by atoms with van der Waals surface area (Å²) in [7, 11) is 2.16. The van der Waals surface area contributed by atoms with E-state index in [1.54, 1.807) is 0 Å². The van der Waals surface area contributed by atoms with Crippen LogP contribution in [0.5, 0.6) is 0 Å². The molecular formula is C11H25N. The van der Waals surface area contributed by atoms with Crippen LogP contribution in [0.25, 0.3) is 0 Å². The van der Waals surface area contributed by atoms with Crippen molar-refractivity contribution >= 4 is 0 Å². The molecule has 0 aromatic rings. The molecule has 0 atom stereocenters. The molecule has 0 radical (unpaired) electrons. The third-order valence-electron chi connectivity index (χ3n) is 1.62. The summed E-state index contributed by atoms with van der Waals surface area (Å²) in [6, 6.07) is 0. The summed E-state index contributed by atoms with van der Waals surface area (Å²) in [6.45, 7) is 12.8. The highest BCUT2D eigenvalue weighted by Crippen LogP contribution is 1.95. The lowest BCUT2D eigenvalue weighted by Gasteiger charge is -2.14. The second-order valence-electron chi connectivity index (χ2n) is 2.87. The molecule has 0 aliphatic carbocycles. The van der Waals surface area contributed by atoms with Crippen LogP contribution in [0.1, 0.15) is 41.0 Å². The monoisotopic (exact) mass is 171 g/mol. The van der Waals surface area contributed by atoms with E-state index in [4.69, 9.17) is 0 Å². The molecule has 0 aromatic carbocycles. The summed E-state index contributed by atoms with van der Waals surface area (Å²) in [5, 5.41) is 0. The SMILES string of the molecule is C/C=C(\C)CN(C)CCC.CC. The summed E-state index contributed by atoms with van der Waals surface area (Å²) in [5.41, 5.74) is 1.45. The molecule has 0 N–H and O–H groups in total. The van der Waals surface area contributed by atoms with Crippen LogP contribution in [0.15, 0.2) is 11.6 Å². The van der Waals surface area contributed by atoms with E-state index < -0.39 is 0 Å². The van der Waals surface area contributed by atoms with Crippen LogP contribution < -0.4 is 0 Å². The van der Waals surface area contributed by atoms with Gasteiger partial charge in [-0.15, -0.1) is 0 Å². The largest absolute Gasteiger partial charge is 0.302 e. The highest BCUT2D eigenvalue weighted by atomic mass is 15.1. The second-order valence-corrected chi connectivity index (χ2v) is 2.87. The Hall–Kier alpha value is -0.300. The van der Waals surface area contributed by atoms with Gasteiger partial charge in [0.2, 0.25) is 0 Å². The van der Waals surface area contributed by atoms with Gasteiger partial charge in [-0.05, 0) is 33.9 Å². The minimum Gasteiger partial charge on any atom is -0.302 e. The maximum Gasteiger partial charge on any atom is 0.0186 e. The summed E-state index contributed by atoms with van der Waals surface area (Å²) in [5.74, 6) is 0. The lowest BCUT2D eigenvalue weighted by Crippen LogP contribution is -2.20. The summed E-state index contributed by atoms with van der Waals surface area (Å²) < 4.78 is 0. The number of hydrogen-bond donors (Lipinski definition) is 0. The molecule has 12 heavy (non-hydrogen) atoms. The molecule has 0 amide bonds. The van der Waals surface area contributed by atoms with E-state index >= 15 is 0 Å². The van der Waals surface area contributed by atoms with E-state index in [0.717, 1.165) is 6.54 Å². The standard InChI is InChI=1S/C9H19N.C2H6/c1-5-7-10(4)8-9(3)6-2;1-2/h6H,5,7-8H2,1-4H3;1-2H3/b9-6+;. The molecular weight excluding hydrogens is 146 g/mol. The Morgan fingerprint density at radius 1 is 1.33 bits per heavy atom. The van der Waals surface area contributed by atoms with Crippen molar-refractivity contribution in [2.45, 2.75) is 41.0 Å². The van der Waals surface area contributed by atoms with Gasteiger partial charge in [0.25, 0.3) is 0 Å². The third kappa shape index (κ3) is 9.70. The summed E-state index contributed by atoms with van der Waals surface area (Å²) >= 11 is 0. The van der Waals surface area contributed by atoms with Crippen LogP contribution >= 0.6 is 0 Å². The van der Waals surface area contributed by atoms with Crippen molar-refractivity contribution in [1.29, 1.82) is 0 Å². The number of rotatable bonds is 4. The Kier molecular flexibility index (Phi) is 12.7. The predicted molar refractivity (Wildman–Crippen MR) is 58.6 cm³/mol. The van der Waals surface area contributed by atoms with E-state index in [1.807, 2.05) is 13.8 Å². The van der Waals surface area contributed by atoms with Gasteiger partial charge in [0.05, 0.1) is 0 Å². The van der Waals surface area contributed by atoms with Crippen molar-refractivity contribution < 1.29 is 0 Å². The van der Waals surface area contributed by atoms with Crippen molar-refractivity contribution in [3.63, 3.8) is 0 Å². The van der Waals surface area contributed by atoms with Gasteiger partial charge >= 0.3 is 0 Å². The molecule has 0 heterocycles. The Labute approximate surface area is 78.5 Å². The fraction of sp³-hybridized carbons (Fsp3) is 0.818. The fourth-order valence-corrected chi connectivity index (χ4v) is 0.978. The Balaban J connectivity index is 0. The molecule has 0 aliphatic rings. The van der Waals surface area contributed by atoms with Gasteiger partial charge in [-0.1, -0.05) is 32.4 Å². The molecule has 0 saturated carbocycles. The first kappa shape index (κ1) is 14.2. The highest BCUT2D eigenvalue weighted by molar-refractivity contribution is 4.97. The van der Waals surface area contributed by atoms with Gasteiger partial charge in [0, 0.05) is 6.54 Å². The second kappa shape index (κ2) is 10.7. The first-order chi connectivity index (χ1) is 5.70.